The van der Waals surface area contributed by atoms with Crippen molar-refractivity contribution in [3.8, 4) is 0 Å². The molecule has 1 fully saturated rings. The van der Waals surface area contributed by atoms with Crippen LogP contribution >= 0.6 is 0 Å². The number of imidazole rings is 1. The second kappa shape index (κ2) is 4.13. The Morgan fingerprint density at radius 2 is 2.15 bits per heavy atom. The van der Waals surface area contributed by atoms with Crippen molar-refractivity contribution in [1.82, 2.24) is 19.5 Å². The Morgan fingerprint density at radius 3 is 2.75 bits per heavy atom. The summed E-state index contributed by atoms with van der Waals surface area (Å²) in [4.78, 5) is 11.9. The highest BCUT2D eigenvalue weighted by atomic mass is 16.6. The number of ether oxygens (including phenoxy) is 1. The van der Waals surface area contributed by atoms with Gasteiger partial charge in [0, 0.05) is 0 Å². The van der Waals surface area contributed by atoms with Gasteiger partial charge in [-0.15, -0.1) is 0 Å². The minimum absolute atomic E-state index is 0.0459. The number of hydrogen-bond donors (Lipinski definition) is 4. The van der Waals surface area contributed by atoms with E-state index in [4.69, 9.17) is 10.5 Å². The maximum atomic E-state index is 10.2. The molecule has 0 amide bonds. The van der Waals surface area contributed by atoms with E-state index in [1.54, 1.807) is 0 Å². The van der Waals surface area contributed by atoms with Gasteiger partial charge in [0.15, 0.2) is 11.5 Å². The second-order valence-electron chi connectivity index (χ2n) is 4.51. The zero-order valence-electron chi connectivity index (χ0n) is 10.3. The predicted octanol–water partition coefficient (Wildman–Crippen LogP) is -1.68. The Bertz CT molecular complexity index is 687. The average molecular weight is 279 g/mol. The number of aromatic nitrogens is 4. The first-order chi connectivity index (χ1) is 9.51. The van der Waals surface area contributed by atoms with Crippen molar-refractivity contribution in [3.63, 3.8) is 0 Å². The Labute approximate surface area is 113 Å². The van der Waals surface area contributed by atoms with Crippen LogP contribution in [0.5, 0.6) is 0 Å². The van der Waals surface area contributed by atoms with Crippen LogP contribution in [0.1, 0.15) is 0 Å². The summed E-state index contributed by atoms with van der Waals surface area (Å²) in [7, 11) is 0. The van der Waals surface area contributed by atoms with E-state index in [1.165, 1.54) is 17.2 Å². The fourth-order valence-electron chi connectivity index (χ4n) is 2.29. The molecule has 1 aliphatic rings. The number of nitrogens with two attached hydrogens (primary N) is 1. The van der Waals surface area contributed by atoms with Gasteiger partial charge in [0.25, 0.3) is 0 Å². The van der Waals surface area contributed by atoms with Gasteiger partial charge in [-0.05, 0) is 0 Å². The van der Waals surface area contributed by atoms with Crippen molar-refractivity contribution >= 4 is 17.0 Å². The molecular formula is C11H13N5O4. The van der Waals surface area contributed by atoms with Gasteiger partial charge < -0.3 is 25.8 Å². The van der Waals surface area contributed by atoms with Crippen LogP contribution < -0.4 is 5.73 Å². The molecule has 9 heteroatoms. The minimum atomic E-state index is -1.65. The van der Waals surface area contributed by atoms with E-state index in [1.807, 2.05) is 0 Å². The first kappa shape index (κ1) is 12.8. The van der Waals surface area contributed by atoms with Crippen molar-refractivity contribution in [2.75, 3.05) is 12.3 Å². The standard InChI is InChI=1S/C11H13N5O4/c1-5-7(18)8(19)11(2-17,20-5)16-4-15-6-9(12)13-3-14-10(6)16/h3-4,7-8,17-19H,1-2H2,(H2,12,13,14)/t7-,8-,11-/m0/s1. The third-order valence-electron chi connectivity index (χ3n) is 3.40. The van der Waals surface area contributed by atoms with E-state index < -0.39 is 24.5 Å². The first-order valence-corrected chi connectivity index (χ1v) is 5.80. The van der Waals surface area contributed by atoms with Crippen LogP contribution in [0.15, 0.2) is 25.0 Å². The normalized spacial score (nSPS) is 29.9. The second-order valence-corrected chi connectivity index (χ2v) is 4.51. The number of nitrogens with zero attached hydrogens (tertiary/aromatic N) is 4. The van der Waals surface area contributed by atoms with Gasteiger partial charge in [0.1, 0.15) is 42.7 Å². The summed E-state index contributed by atoms with van der Waals surface area (Å²) < 4.78 is 6.70. The fraction of sp³-hybridized carbons (Fsp3) is 0.364. The highest BCUT2D eigenvalue weighted by Gasteiger charge is 2.54. The Hall–Kier alpha value is -2.23. The Morgan fingerprint density at radius 1 is 1.40 bits per heavy atom. The molecule has 0 saturated carbocycles. The van der Waals surface area contributed by atoms with Crippen molar-refractivity contribution < 1.29 is 20.1 Å². The van der Waals surface area contributed by atoms with Crippen LogP contribution in [-0.2, 0) is 10.5 Å². The van der Waals surface area contributed by atoms with Crippen molar-refractivity contribution in [3.05, 3.63) is 25.0 Å². The lowest BCUT2D eigenvalue weighted by molar-refractivity contribution is -0.140. The molecule has 3 atom stereocenters. The molecule has 3 heterocycles. The number of aliphatic hydroxyl groups excluding tert-OH is 3. The van der Waals surface area contributed by atoms with E-state index in [9.17, 15) is 15.3 Å². The topological polar surface area (TPSA) is 140 Å². The summed E-state index contributed by atoms with van der Waals surface area (Å²) in [6.45, 7) is 2.89. The van der Waals surface area contributed by atoms with Gasteiger partial charge in [-0.2, -0.15) is 0 Å². The summed E-state index contributed by atoms with van der Waals surface area (Å²) in [6, 6.07) is 0. The molecule has 1 saturated heterocycles. The molecule has 2 aromatic heterocycles. The molecule has 20 heavy (non-hydrogen) atoms. The summed E-state index contributed by atoms with van der Waals surface area (Å²) in [5.74, 6) is 0.115. The lowest BCUT2D eigenvalue weighted by Crippen LogP contribution is -2.48. The number of aliphatic hydroxyl groups is 3. The van der Waals surface area contributed by atoms with E-state index in [-0.39, 0.29) is 17.2 Å². The first-order valence-electron chi connectivity index (χ1n) is 5.80. The molecule has 0 aromatic carbocycles. The monoisotopic (exact) mass is 279 g/mol. The number of fused-ring (bicyclic) bond motifs is 1. The summed E-state index contributed by atoms with van der Waals surface area (Å²) >= 11 is 0. The Balaban J connectivity index is 2.23. The maximum Gasteiger partial charge on any atom is 0.240 e. The van der Waals surface area contributed by atoms with E-state index in [0.717, 1.165) is 0 Å². The predicted molar refractivity (Wildman–Crippen MR) is 67.0 cm³/mol. The fourth-order valence-corrected chi connectivity index (χ4v) is 2.29. The lowest BCUT2D eigenvalue weighted by Gasteiger charge is -2.30. The average Bonchev–Trinajstić information content (AvgIpc) is 2.96. The van der Waals surface area contributed by atoms with Gasteiger partial charge in [-0.1, -0.05) is 6.58 Å². The highest BCUT2D eigenvalue weighted by molar-refractivity contribution is 5.81. The number of nitrogen functional groups attached to an aromatic ring is 1. The van der Waals surface area contributed by atoms with Crippen molar-refractivity contribution in [2.24, 2.45) is 0 Å². The molecule has 2 aromatic rings. The maximum absolute atomic E-state index is 10.2. The van der Waals surface area contributed by atoms with E-state index >= 15 is 0 Å². The number of hydrogen-bond acceptors (Lipinski definition) is 8. The van der Waals surface area contributed by atoms with Gasteiger partial charge in [0.05, 0.1) is 0 Å². The minimum Gasteiger partial charge on any atom is -0.464 e. The molecule has 5 N–H and O–H groups in total. The van der Waals surface area contributed by atoms with Gasteiger partial charge >= 0.3 is 0 Å². The smallest absolute Gasteiger partial charge is 0.240 e. The highest BCUT2D eigenvalue weighted by Crippen LogP contribution is 2.38. The summed E-state index contributed by atoms with van der Waals surface area (Å²) in [6.07, 6.45) is -0.207. The van der Waals surface area contributed by atoms with Gasteiger partial charge in [0.2, 0.25) is 5.72 Å². The third kappa shape index (κ3) is 1.45. The number of anilines is 1. The van der Waals surface area contributed by atoms with E-state index in [0.29, 0.717) is 5.52 Å². The SMILES string of the molecule is C=C1O[C@](CO)(n2cnc3c(N)ncnc32)[C@@H](O)[C@H]1O. The van der Waals surface area contributed by atoms with Crippen LogP contribution in [0.4, 0.5) is 5.82 Å². The third-order valence-corrected chi connectivity index (χ3v) is 3.40. The van der Waals surface area contributed by atoms with Crippen LogP contribution in [0.2, 0.25) is 0 Å². The largest absolute Gasteiger partial charge is 0.464 e. The molecule has 0 aliphatic carbocycles. The van der Waals surface area contributed by atoms with Gasteiger partial charge in [-0.25, -0.2) is 15.0 Å². The van der Waals surface area contributed by atoms with Crippen LogP contribution in [0, 0.1) is 0 Å². The summed E-state index contributed by atoms with van der Waals surface area (Å²) in [5, 5.41) is 29.6. The molecule has 106 valence electrons. The molecule has 3 rings (SSSR count). The lowest BCUT2D eigenvalue weighted by atomic mass is 10.0. The Kier molecular flexibility index (Phi) is 2.64. The van der Waals surface area contributed by atoms with Crippen LogP contribution in [0.25, 0.3) is 11.2 Å². The van der Waals surface area contributed by atoms with Crippen molar-refractivity contribution in [1.29, 1.82) is 0 Å². The molecule has 1 aliphatic heterocycles. The molecule has 9 nitrogen and oxygen atoms in total. The van der Waals surface area contributed by atoms with Crippen LogP contribution in [0.3, 0.4) is 0 Å². The van der Waals surface area contributed by atoms with Gasteiger partial charge in [-0.3, -0.25) is 4.57 Å². The molecule has 0 spiro atoms. The van der Waals surface area contributed by atoms with E-state index in [2.05, 4.69) is 21.5 Å². The zero-order chi connectivity index (χ0) is 14.5. The zero-order valence-corrected chi connectivity index (χ0v) is 10.3. The molecule has 0 unspecified atom stereocenters. The number of rotatable bonds is 2. The van der Waals surface area contributed by atoms with Crippen LogP contribution in [-0.4, -0.2) is 53.7 Å². The van der Waals surface area contributed by atoms with Crippen molar-refractivity contribution in [2.45, 2.75) is 17.9 Å². The quantitative estimate of drug-likeness (QED) is 0.511. The summed E-state index contributed by atoms with van der Waals surface area (Å²) in [5.41, 5.74) is 4.61. The molecule has 0 radical (unpaired) electrons. The molecular weight excluding hydrogens is 266 g/mol. The molecule has 0 bridgehead atoms.